The van der Waals surface area contributed by atoms with Crippen LogP contribution in [0.3, 0.4) is 0 Å². The Hall–Kier alpha value is -1.32. The summed E-state index contributed by atoms with van der Waals surface area (Å²) in [5, 5.41) is 10.4. The topological polar surface area (TPSA) is 99.1 Å². The summed E-state index contributed by atoms with van der Waals surface area (Å²) in [6, 6.07) is 6.26. The summed E-state index contributed by atoms with van der Waals surface area (Å²) in [6.07, 6.45) is 2.95. The van der Waals surface area contributed by atoms with Gasteiger partial charge in [-0.25, -0.2) is 4.18 Å². The molecule has 0 aliphatic carbocycles. The molecule has 8 heteroatoms. The minimum absolute atomic E-state index is 0.00385. The van der Waals surface area contributed by atoms with Gasteiger partial charge in [-0.05, 0) is 45.7 Å². The van der Waals surface area contributed by atoms with E-state index in [0.29, 0.717) is 6.42 Å². The lowest BCUT2D eigenvalue weighted by Gasteiger charge is -2.44. The fraction of sp³-hybridized carbons (Fsp3) is 0.667. The van der Waals surface area contributed by atoms with Gasteiger partial charge in [-0.15, -0.1) is 0 Å². The van der Waals surface area contributed by atoms with Crippen LogP contribution in [0.15, 0.2) is 29.2 Å². The van der Waals surface area contributed by atoms with Gasteiger partial charge in [0.25, 0.3) is 0 Å². The zero-order valence-corrected chi connectivity index (χ0v) is 18.5. The average Bonchev–Trinajstić information content (AvgIpc) is 2.60. The molecule has 1 aliphatic heterocycles. The van der Waals surface area contributed by atoms with E-state index >= 15 is 0 Å². The van der Waals surface area contributed by atoms with Crippen LogP contribution in [-0.2, 0) is 28.6 Å². The molecule has 7 nitrogen and oxygen atoms in total. The number of benzene rings is 1. The summed E-state index contributed by atoms with van der Waals surface area (Å²) in [7, 11) is -4.10. The van der Waals surface area contributed by atoms with Gasteiger partial charge in [0.05, 0.1) is 4.90 Å². The maximum atomic E-state index is 12.6. The van der Waals surface area contributed by atoms with E-state index in [1.165, 1.54) is 19.1 Å². The molecule has 1 heterocycles. The first-order chi connectivity index (χ1) is 13.5. The Kier molecular flexibility index (Phi) is 7.98. The van der Waals surface area contributed by atoms with Crippen LogP contribution in [0.5, 0.6) is 0 Å². The molecule has 0 amide bonds. The third-order valence-electron chi connectivity index (χ3n) is 4.99. The molecule has 1 saturated heterocycles. The van der Waals surface area contributed by atoms with Gasteiger partial charge in [-0.2, -0.15) is 8.42 Å². The molecule has 0 spiro atoms. The summed E-state index contributed by atoms with van der Waals surface area (Å²) >= 11 is 0. The Morgan fingerprint density at radius 1 is 1.21 bits per heavy atom. The number of ketones is 1. The van der Waals surface area contributed by atoms with Crippen molar-refractivity contribution >= 4 is 15.9 Å². The van der Waals surface area contributed by atoms with E-state index in [0.717, 1.165) is 24.8 Å². The van der Waals surface area contributed by atoms with Crippen molar-refractivity contribution in [2.24, 2.45) is 0 Å². The van der Waals surface area contributed by atoms with Crippen molar-refractivity contribution in [3.05, 3.63) is 29.8 Å². The molecule has 1 N–H and O–H groups in total. The van der Waals surface area contributed by atoms with Crippen molar-refractivity contribution in [1.29, 1.82) is 0 Å². The Labute approximate surface area is 173 Å². The Morgan fingerprint density at radius 2 is 1.83 bits per heavy atom. The molecule has 1 fully saturated rings. The van der Waals surface area contributed by atoms with Crippen LogP contribution in [0.4, 0.5) is 0 Å². The van der Waals surface area contributed by atoms with E-state index in [4.69, 9.17) is 13.7 Å². The van der Waals surface area contributed by atoms with Crippen molar-refractivity contribution in [3.63, 3.8) is 0 Å². The average molecular weight is 429 g/mol. The molecule has 164 valence electrons. The number of hydrogen-bond donors (Lipinski definition) is 1. The molecule has 0 bridgehead atoms. The predicted molar refractivity (Wildman–Crippen MR) is 107 cm³/mol. The number of carbonyl (C=O) groups is 1. The Balaban J connectivity index is 1.95. The SMILES string of the molecule is CCCCCC(C)(O)C(=O)CCCC1(OS(=O)(=O)c2ccc(C)cc2)OC(C)O1. The lowest BCUT2D eigenvalue weighted by Crippen LogP contribution is -2.55. The molecule has 1 aromatic carbocycles. The Bertz CT molecular complexity index is 778. The normalized spacial score (nSPS) is 24.0. The van der Waals surface area contributed by atoms with Crippen LogP contribution >= 0.6 is 0 Å². The fourth-order valence-corrected chi connectivity index (χ4v) is 4.29. The van der Waals surface area contributed by atoms with Crippen LogP contribution < -0.4 is 0 Å². The second kappa shape index (κ2) is 9.66. The summed E-state index contributed by atoms with van der Waals surface area (Å²) in [5.41, 5.74) is -0.459. The van der Waals surface area contributed by atoms with Crippen LogP contribution in [-0.4, -0.2) is 37.2 Å². The van der Waals surface area contributed by atoms with Crippen LogP contribution in [0.1, 0.15) is 71.3 Å². The first-order valence-corrected chi connectivity index (χ1v) is 11.5. The molecule has 1 unspecified atom stereocenters. The molecule has 1 atom stereocenters. The van der Waals surface area contributed by atoms with E-state index in [1.54, 1.807) is 19.1 Å². The van der Waals surface area contributed by atoms with E-state index in [9.17, 15) is 18.3 Å². The maximum Gasteiger partial charge on any atom is 0.302 e. The number of unbranched alkanes of at least 4 members (excludes halogenated alkanes) is 2. The van der Waals surface area contributed by atoms with Crippen molar-refractivity contribution in [1.82, 2.24) is 0 Å². The zero-order valence-electron chi connectivity index (χ0n) is 17.6. The van der Waals surface area contributed by atoms with E-state index in [2.05, 4.69) is 6.92 Å². The van der Waals surface area contributed by atoms with Gasteiger partial charge in [0.1, 0.15) is 5.60 Å². The molecule has 2 rings (SSSR count). The number of aliphatic hydroxyl groups is 1. The highest BCUT2D eigenvalue weighted by Crippen LogP contribution is 2.38. The Morgan fingerprint density at radius 3 is 2.38 bits per heavy atom. The second-order valence-electron chi connectivity index (χ2n) is 7.84. The minimum atomic E-state index is -4.10. The zero-order chi connectivity index (χ0) is 21.7. The summed E-state index contributed by atoms with van der Waals surface area (Å²) in [5.74, 6) is -2.02. The van der Waals surface area contributed by atoms with Gasteiger partial charge in [-0.1, -0.05) is 43.9 Å². The van der Waals surface area contributed by atoms with E-state index in [1.807, 2.05) is 6.92 Å². The molecule has 1 aromatic rings. The van der Waals surface area contributed by atoms with Crippen molar-refractivity contribution in [2.75, 3.05) is 0 Å². The van der Waals surface area contributed by atoms with Crippen LogP contribution in [0.25, 0.3) is 0 Å². The fourth-order valence-electron chi connectivity index (χ4n) is 3.23. The summed E-state index contributed by atoms with van der Waals surface area (Å²) in [6.45, 7) is 7.06. The number of Topliss-reactive ketones (excluding diaryl/α,β-unsaturated/α-hetero) is 1. The molecular formula is C21H32O7S. The smallest absolute Gasteiger partial charge is 0.302 e. The largest absolute Gasteiger partial charge is 0.382 e. The molecule has 1 aliphatic rings. The van der Waals surface area contributed by atoms with Crippen molar-refractivity contribution < 1.29 is 32.0 Å². The van der Waals surface area contributed by atoms with Gasteiger partial charge in [0.15, 0.2) is 12.1 Å². The molecule has 0 saturated carbocycles. The number of hydrogen-bond acceptors (Lipinski definition) is 7. The molecular weight excluding hydrogens is 396 g/mol. The van der Waals surface area contributed by atoms with Gasteiger partial charge in [0, 0.05) is 12.8 Å². The number of carbonyl (C=O) groups excluding carboxylic acids is 1. The third kappa shape index (κ3) is 6.58. The molecule has 0 radical (unpaired) electrons. The number of rotatable bonds is 12. The second-order valence-corrected chi connectivity index (χ2v) is 9.39. The molecule has 29 heavy (non-hydrogen) atoms. The highest BCUT2D eigenvalue weighted by molar-refractivity contribution is 7.86. The third-order valence-corrected chi connectivity index (χ3v) is 6.31. The molecule has 0 aromatic heterocycles. The highest BCUT2D eigenvalue weighted by Gasteiger charge is 2.50. The van der Waals surface area contributed by atoms with Crippen LogP contribution in [0.2, 0.25) is 0 Å². The van der Waals surface area contributed by atoms with Crippen molar-refractivity contribution in [2.45, 2.75) is 95.4 Å². The minimum Gasteiger partial charge on any atom is -0.382 e. The van der Waals surface area contributed by atoms with Gasteiger partial charge in [-0.3, -0.25) is 14.3 Å². The quantitative estimate of drug-likeness (QED) is 0.399. The highest BCUT2D eigenvalue weighted by atomic mass is 32.2. The van der Waals surface area contributed by atoms with E-state index in [-0.39, 0.29) is 29.9 Å². The monoisotopic (exact) mass is 428 g/mol. The van der Waals surface area contributed by atoms with Gasteiger partial charge in [0.2, 0.25) is 0 Å². The summed E-state index contributed by atoms with van der Waals surface area (Å²) in [4.78, 5) is 12.4. The maximum absolute atomic E-state index is 12.6. The first kappa shape index (κ1) is 24.0. The number of ether oxygens (including phenoxy) is 2. The lowest BCUT2D eigenvalue weighted by molar-refractivity contribution is -0.515. The predicted octanol–water partition coefficient (Wildman–Crippen LogP) is 3.82. The standard InChI is InChI=1S/C21H32O7S/c1-5-6-7-14-20(4,23)19(22)9-8-15-21(26-17(3)27-21)28-29(24,25)18-12-10-16(2)11-13-18/h10-13,17,23H,5-9,14-15H2,1-4H3. The lowest BCUT2D eigenvalue weighted by atomic mass is 9.90. The summed E-state index contributed by atoms with van der Waals surface area (Å²) < 4.78 is 41.3. The van der Waals surface area contributed by atoms with Crippen LogP contribution in [0, 0.1) is 6.92 Å². The van der Waals surface area contributed by atoms with E-state index < -0.39 is 28.0 Å². The number of aryl methyl sites for hydroxylation is 1. The van der Waals surface area contributed by atoms with Crippen molar-refractivity contribution in [3.8, 4) is 0 Å². The first-order valence-electron chi connectivity index (χ1n) is 10.1. The van der Waals surface area contributed by atoms with Gasteiger partial charge < -0.3 is 5.11 Å². The van der Waals surface area contributed by atoms with Gasteiger partial charge >= 0.3 is 16.1 Å².